The van der Waals surface area contributed by atoms with Gasteiger partial charge < -0.3 is 0 Å². The predicted octanol–water partition coefficient (Wildman–Crippen LogP) is 5.37. The zero-order valence-corrected chi connectivity index (χ0v) is 12.7. The van der Waals surface area contributed by atoms with Crippen LogP contribution in [-0.2, 0) is 19.3 Å². The second-order valence-corrected chi connectivity index (χ2v) is 4.77. The summed E-state index contributed by atoms with van der Waals surface area (Å²) in [5.74, 6) is 0. The molecule has 0 atom stereocenters. The molecule has 102 valence electrons. The van der Waals surface area contributed by atoms with Gasteiger partial charge in [0.25, 0.3) is 0 Å². The maximum atomic E-state index is 2.25. The molecule has 0 saturated carbocycles. The minimum absolute atomic E-state index is 1.16. The van der Waals surface area contributed by atoms with Gasteiger partial charge in [0.1, 0.15) is 0 Å². The summed E-state index contributed by atoms with van der Waals surface area (Å²) in [6, 6.07) is 16.9. The van der Waals surface area contributed by atoms with Gasteiger partial charge in [0.15, 0.2) is 0 Å². The summed E-state index contributed by atoms with van der Waals surface area (Å²) in [6.07, 6.45) is 3.50. The monoisotopic (exact) mass is 254 g/mol. The average Bonchev–Trinajstić information content (AvgIpc) is 2.47. The van der Waals surface area contributed by atoms with Gasteiger partial charge in [0.2, 0.25) is 0 Å². The largest absolute Gasteiger partial charge is 0.0622 e. The van der Waals surface area contributed by atoms with E-state index < -0.39 is 0 Å². The minimum Gasteiger partial charge on any atom is -0.0622 e. The van der Waals surface area contributed by atoms with Gasteiger partial charge in [-0.25, -0.2) is 0 Å². The normalized spacial score (nSPS) is 9.68. The first-order valence-corrected chi connectivity index (χ1v) is 7.34. The quantitative estimate of drug-likeness (QED) is 0.691. The highest BCUT2D eigenvalue weighted by Gasteiger charge is 2.02. The van der Waals surface area contributed by atoms with Gasteiger partial charge in [-0.1, -0.05) is 74.9 Å². The Bertz CT molecular complexity index is 446. The average molecular weight is 254 g/mol. The van der Waals surface area contributed by atoms with Crippen molar-refractivity contribution in [3.8, 4) is 0 Å². The Morgan fingerprint density at radius 3 is 1.47 bits per heavy atom. The van der Waals surface area contributed by atoms with Crippen LogP contribution in [-0.4, -0.2) is 0 Å². The summed E-state index contributed by atoms with van der Waals surface area (Å²) < 4.78 is 0. The van der Waals surface area contributed by atoms with Crippen LogP contribution in [0.15, 0.2) is 48.5 Å². The van der Waals surface area contributed by atoms with E-state index in [1.165, 1.54) is 23.1 Å². The Morgan fingerprint density at radius 1 is 0.632 bits per heavy atom. The van der Waals surface area contributed by atoms with E-state index in [1.54, 1.807) is 5.56 Å². The molecule has 0 spiro atoms. The molecule has 0 bridgehead atoms. The zero-order valence-electron chi connectivity index (χ0n) is 12.7. The van der Waals surface area contributed by atoms with Crippen LogP contribution < -0.4 is 0 Å². The predicted molar refractivity (Wildman–Crippen MR) is 85.8 cm³/mol. The molecule has 0 aliphatic rings. The van der Waals surface area contributed by atoms with Gasteiger partial charge in [0.05, 0.1) is 0 Å². The maximum absolute atomic E-state index is 2.25. The molecule has 2 rings (SSSR count). The minimum atomic E-state index is 1.16. The molecule has 19 heavy (non-hydrogen) atoms. The first-order valence-electron chi connectivity index (χ1n) is 7.34. The van der Waals surface area contributed by atoms with Crippen molar-refractivity contribution >= 4 is 0 Å². The van der Waals surface area contributed by atoms with Crippen LogP contribution in [0.3, 0.4) is 0 Å². The highest BCUT2D eigenvalue weighted by molar-refractivity contribution is 5.35. The van der Waals surface area contributed by atoms with E-state index in [0.717, 1.165) is 12.8 Å². The summed E-state index contributed by atoms with van der Waals surface area (Å²) >= 11 is 0. The zero-order chi connectivity index (χ0) is 14.1. The summed E-state index contributed by atoms with van der Waals surface area (Å²) in [5, 5.41) is 0. The third-order valence-corrected chi connectivity index (χ3v) is 3.43. The van der Waals surface area contributed by atoms with Gasteiger partial charge in [-0.3, -0.25) is 0 Å². The van der Waals surface area contributed by atoms with Gasteiger partial charge in [-0.15, -0.1) is 0 Å². The number of hydrogen-bond donors (Lipinski definition) is 0. The molecule has 2 aromatic rings. The van der Waals surface area contributed by atoms with E-state index in [4.69, 9.17) is 0 Å². The van der Waals surface area contributed by atoms with Crippen LogP contribution in [0.1, 0.15) is 43.0 Å². The standard InChI is InChI=1S/C12H18.C7H8/c1-4-10-8-7-9-11(5-2)12(10)6-3;1-7-5-3-2-4-6-7/h7-9H,4-6H2,1-3H3;2-6H,1H3. The smallest absolute Gasteiger partial charge is 0.0302 e. The van der Waals surface area contributed by atoms with Crippen molar-refractivity contribution in [2.45, 2.75) is 47.0 Å². The summed E-state index contributed by atoms with van der Waals surface area (Å²) in [7, 11) is 0. The van der Waals surface area contributed by atoms with Crippen LogP contribution in [0, 0.1) is 6.92 Å². The fourth-order valence-electron chi connectivity index (χ4n) is 2.34. The molecule has 2 aromatic carbocycles. The van der Waals surface area contributed by atoms with Gasteiger partial charge in [-0.2, -0.15) is 0 Å². The first kappa shape index (κ1) is 15.5. The number of aryl methyl sites for hydroxylation is 3. The van der Waals surface area contributed by atoms with Crippen LogP contribution in [0.4, 0.5) is 0 Å². The molecule has 0 nitrogen and oxygen atoms in total. The third-order valence-electron chi connectivity index (χ3n) is 3.43. The van der Waals surface area contributed by atoms with E-state index in [-0.39, 0.29) is 0 Å². The molecule has 0 fully saturated rings. The van der Waals surface area contributed by atoms with Crippen LogP contribution in [0.5, 0.6) is 0 Å². The SMILES string of the molecule is CCc1cccc(CC)c1CC.Cc1ccccc1. The molecule has 0 radical (unpaired) electrons. The van der Waals surface area contributed by atoms with Gasteiger partial charge in [-0.05, 0) is 42.9 Å². The van der Waals surface area contributed by atoms with E-state index in [2.05, 4.69) is 58.0 Å². The first-order chi connectivity index (χ1) is 9.22. The lowest BCUT2D eigenvalue weighted by atomic mass is 9.96. The Kier molecular flexibility index (Phi) is 6.95. The highest BCUT2D eigenvalue weighted by Crippen LogP contribution is 2.16. The maximum Gasteiger partial charge on any atom is -0.0302 e. The lowest BCUT2D eigenvalue weighted by molar-refractivity contribution is 0.981. The summed E-state index contributed by atoms with van der Waals surface area (Å²) in [6.45, 7) is 8.79. The summed E-state index contributed by atoms with van der Waals surface area (Å²) in [5.41, 5.74) is 5.94. The molecule has 0 saturated heterocycles. The van der Waals surface area contributed by atoms with Crippen molar-refractivity contribution in [1.29, 1.82) is 0 Å². The van der Waals surface area contributed by atoms with Crippen LogP contribution in [0.25, 0.3) is 0 Å². The van der Waals surface area contributed by atoms with Crippen molar-refractivity contribution in [2.75, 3.05) is 0 Å². The molecule has 0 amide bonds. The Morgan fingerprint density at radius 2 is 1.16 bits per heavy atom. The van der Waals surface area contributed by atoms with Gasteiger partial charge in [0, 0.05) is 0 Å². The summed E-state index contributed by atoms with van der Waals surface area (Å²) in [4.78, 5) is 0. The molecule has 0 heterocycles. The topological polar surface area (TPSA) is 0 Å². The molecular weight excluding hydrogens is 228 g/mol. The van der Waals surface area contributed by atoms with Crippen molar-refractivity contribution in [1.82, 2.24) is 0 Å². The van der Waals surface area contributed by atoms with Gasteiger partial charge >= 0.3 is 0 Å². The van der Waals surface area contributed by atoms with Crippen molar-refractivity contribution in [3.63, 3.8) is 0 Å². The molecular formula is C19H26. The number of rotatable bonds is 3. The molecule has 0 heteroatoms. The second kappa shape index (κ2) is 8.53. The fourth-order valence-corrected chi connectivity index (χ4v) is 2.34. The highest BCUT2D eigenvalue weighted by atomic mass is 14.1. The Labute approximate surface area is 118 Å². The third kappa shape index (κ3) is 4.90. The van der Waals surface area contributed by atoms with Crippen molar-refractivity contribution in [2.24, 2.45) is 0 Å². The van der Waals surface area contributed by atoms with E-state index in [0.29, 0.717) is 0 Å². The van der Waals surface area contributed by atoms with E-state index >= 15 is 0 Å². The fraction of sp³-hybridized carbons (Fsp3) is 0.368. The lowest BCUT2D eigenvalue weighted by Crippen LogP contribution is -1.96. The molecule has 0 aromatic heterocycles. The molecule has 0 aliphatic heterocycles. The molecule has 0 N–H and O–H groups in total. The Balaban J connectivity index is 0.000000218. The van der Waals surface area contributed by atoms with Crippen LogP contribution in [0.2, 0.25) is 0 Å². The van der Waals surface area contributed by atoms with Crippen molar-refractivity contribution < 1.29 is 0 Å². The van der Waals surface area contributed by atoms with E-state index in [1.807, 2.05) is 18.2 Å². The molecule has 0 aliphatic carbocycles. The molecule has 0 unspecified atom stereocenters. The number of hydrogen-bond acceptors (Lipinski definition) is 0. The van der Waals surface area contributed by atoms with E-state index in [9.17, 15) is 0 Å². The lowest BCUT2D eigenvalue weighted by Gasteiger charge is -2.10. The second-order valence-electron chi connectivity index (χ2n) is 4.77. The Hall–Kier alpha value is -1.56. The van der Waals surface area contributed by atoms with Crippen molar-refractivity contribution in [3.05, 3.63) is 70.8 Å². The van der Waals surface area contributed by atoms with Crippen LogP contribution >= 0.6 is 0 Å². The number of benzene rings is 2.